The summed E-state index contributed by atoms with van der Waals surface area (Å²) >= 11 is 4.01. The number of imide groups is 1. The van der Waals surface area contributed by atoms with Crippen LogP contribution >= 0.6 is 20.5 Å². The lowest BCUT2D eigenvalue weighted by Crippen LogP contribution is -2.51. The Kier molecular flexibility index (Phi) is 17.8. The van der Waals surface area contributed by atoms with E-state index in [-0.39, 0.29) is 25.3 Å². The smallest absolute Gasteiger partial charge is 0.396 e. The van der Waals surface area contributed by atoms with Gasteiger partial charge in [0.15, 0.2) is 6.10 Å². The summed E-state index contributed by atoms with van der Waals surface area (Å²) in [4.78, 5) is 57.7. The van der Waals surface area contributed by atoms with Crippen molar-refractivity contribution in [1.29, 1.82) is 0 Å². The van der Waals surface area contributed by atoms with Gasteiger partial charge >= 0.3 is 7.82 Å². The summed E-state index contributed by atoms with van der Waals surface area (Å²) in [6.45, 7) is 4.40. The van der Waals surface area contributed by atoms with Crippen LogP contribution in [0, 0.1) is 5.41 Å². The molecule has 0 rings (SSSR count). The average Bonchev–Trinajstić information content (AvgIpc) is 2.79. The van der Waals surface area contributed by atoms with Crippen LogP contribution in [0.25, 0.3) is 0 Å². The summed E-state index contributed by atoms with van der Waals surface area (Å²) in [5.41, 5.74) is -1.39. The number of carbonyl (C=O) groups excluding carboxylic acids is 3. The minimum atomic E-state index is -5.11. The van der Waals surface area contributed by atoms with E-state index in [2.05, 4.69) is 24.9 Å². The molecule has 0 aromatic heterocycles. The molecule has 4 N–H and O–H groups in total. The van der Waals surface area contributed by atoms with Crippen molar-refractivity contribution in [2.24, 2.45) is 5.41 Å². The monoisotopic (exact) mass is 540 g/mol. The first-order valence-corrected chi connectivity index (χ1v) is 14.6. The maximum Gasteiger partial charge on any atom is 0.470 e. The van der Waals surface area contributed by atoms with E-state index in [1.54, 1.807) is 0 Å². The van der Waals surface area contributed by atoms with Gasteiger partial charge in [0.2, 0.25) is 11.8 Å². The minimum absolute atomic E-state index is 0.0576. The molecule has 0 aliphatic carbocycles. The molecule has 0 saturated heterocycles. The van der Waals surface area contributed by atoms with Crippen LogP contribution in [0.15, 0.2) is 0 Å². The Balaban J connectivity index is 5.21. The van der Waals surface area contributed by atoms with E-state index in [1.807, 2.05) is 0 Å². The molecule has 3 amide bonds. The van der Waals surface area contributed by atoms with Crippen LogP contribution in [0.5, 0.6) is 0 Å². The summed E-state index contributed by atoms with van der Waals surface area (Å²) < 4.78 is 16.2. The molecule has 0 fully saturated rings. The van der Waals surface area contributed by atoms with Gasteiger partial charge in [-0.1, -0.05) is 72.1 Å². The van der Waals surface area contributed by atoms with Crippen LogP contribution in [0.1, 0.15) is 91.4 Å². The summed E-state index contributed by atoms with van der Waals surface area (Å²) in [5, 5.41) is 12.3. The molecule has 0 bridgehead atoms. The van der Waals surface area contributed by atoms with Crippen molar-refractivity contribution in [3.8, 4) is 0 Å². The topological polar surface area (TPSA) is 153 Å². The SMILES string of the molecule is CCCCCCCCCCCC(=O)N(CCC(=O)NCCS)C(=O)[C@H](OP(=O)(O)O)C(C)(C)CO. The summed E-state index contributed by atoms with van der Waals surface area (Å²) in [6.07, 6.45) is 7.54. The van der Waals surface area contributed by atoms with Gasteiger partial charge in [-0.15, -0.1) is 0 Å². The van der Waals surface area contributed by atoms with E-state index in [0.717, 1.165) is 30.6 Å². The van der Waals surface area contributed by atoms with Gasteiger partial charge in [0, 0.05) is 37.1 Å². The second-order valence-corrected chi connectivity index (χ2v) is 11.0. The maximum absolute atomic E-state index is 13.2. The molecular weight excluding hydrogens is 495 g/mol. The maximum atomic E-state index is 13.2. The Morgan fingerprint density at radius 3 is 2.03 bits per heavy atom. The van der Waals surface area contributed by atoms with E-state index in [9.17, 15) is 33.8 Å². The van der Waals surface area contributed by atoms with Gasteiger partial charge < -0.3 is 20.2 Å². The van der Waals surface area contributed by atoms with Gasteiger partial charge in [0.05, 0.1) is 6.61 Å². The molecule has 0 aliphatic rings. The number of phosphoric ester groups is 1. The van der Waals surface area contributed by atoms with Crippen molar-refractivity contribution < 1.29 is 38.4 Å². The Hall–Kier alpha value is -0.970. The number of nitrogens with one attached hydrogen (secondary N) is 1. The van der Waals surface area contributed by atoms with Gasteiger partial charge in [0.1, 0.15) is 0 Å². The number of thiol groups is 1. The Morgan fingerprint density at radius 1 is 1.00 bits per heavy atom. The first-order chi connectivity index (χ1) is 16.4. The first kappa shape index (κ1) is 34.0. The molecule has 0 unspecified atom stereocenters. The van der Waals surface area contributed by atoms with Gasteiger partial charge in [-0.05, 0) is 6.42 Å². The normalized spacial score (nSPS) is 12.9. The number of rotatable bonds is 20. The fraction of sp³-hybridized carbons (Fsp3) is 0.870. The zero-order chi connectivity index (χ0) is 26.9. The van der Waals surface area contributed by atoms with Crippen molar-refractivity contribution >= 4 is 38.2 Å². The fourth-order valence-corrected chi connectivity index (χ4v) is 4.22. The number of aliphatic hydroxyl groups excluding tert-OH is 1. The zero-order valence-electron chi connectivity index (χ0n) is 21.4. The molecule has 206 valence electrons. The molecule has 0 spiro atoms. The van der Waals surface area contributed by atoms with Crippen molar-refractivity contribution in [1.82, 2.24) is 10.2 Å². The van der Waals surface area contributed by atoms with Gasteiger partial charge in [0.25, 0.3) is 5.91 Å². The van der Waals surface area contributed by atoms with Crippen molar-refractivity contribution in [2.45, 2.75) is 97.5 Å². The van der Waals surface area contributed by atoms with E-state index < -0.39 is 37.8 Å². The van der Waals surface area contributed by atoms with Gasteiger partial charge in [-0.25, -0.2) is 4.57 Å². The third-order valence-corrected chi connectivity index (χ3v) is 6.35. The van der Waals surface area contributed by atoms with E-state index in [0.29, 0.717) is 18.7 Å². The van der Waals surface area contributed by atoms with Crippen molar-refractivity contribution in [3.63, 3.8) is 0 Å². The molecule has 0 heterocycles. The van der Waals surface area contributed by atoms with Crippen LogP contribution in [-0.2, 0) is 23.5 Å². The number of aliphatic hydroxyl groups is 1. The van der Waals surface area contributed by atoms with Gasteiger partial charge in [-0.3, -0.25) is 23.8 Å². The molecule has 0 aromatic carbocycles. The highest BCUT2D eigenvalue weighted by molar-refractivity contribution is 7.80. The number of hydrogen-bond acceptors (Lipinski definition) is 7. The molecule has 0 radical (unpaired) electrons. The van der Waals surface area contributed by atoms with E-state index in [1.165, 1.54) is 39.5 Å². The van der Waals surface area contributed by atoms with Gasteiger partial charge in [-0.2, -0.15) is 12.6 Å². The zero-order valence-corrected chi connectivity index (χ0v) is 23.2. The number of nitrogens with zero attached hydrogens (tertiary/aromatic N) is 1. The average molecular weight is 541 g/mol. The van der Waals surface area contributed by atoms with E-state index in [4.69, 9.17) is 4.52 Å². The van der Waals surface area contributed by atoms with Crippen LogP contribution in [-0.4, -0.2) is 69.1 Å². The number of hydrogen-bond donors (Lipinski definition) is 5. The molecule has 10 nitrogen and oxygen atoms in total. The lowest BCUT2D eigenvalue weighted by atomic mass is 9.86. The van der Waals surface area contributed by atoms with Crippen LogP contribution in [0.3, 0.4) is 0 Å². The molecule has 35 heavy (non-hydrogen) atoms. The highest BCUT2D eigenvalue weighted by Gasteiger charge is 2.43. The standard InChI is InChI=1S/C23H45N2O8PS/c1-4-5-6-7-8-9-10-11-12-13-20(28)25(16-14-19(27)24-15-17-35)22(29)21(23(2,3)18-26)33-34(30,31)32/h21,26,35H,4-18H2,1-3H3,(H,24,27)(H2,30,31,32)/t21-/m0/s1. The number of carbonyl (C=O) groups is 3. The highest BCUT2D eigenvalue weighted by atomic mass is 32.1. The van der Waals surface area contributed by atoms with E-state index >= 15 is 0 Å². The fourth-order valence-electron chi connectivity index (χ4n) is 3.46. The lowest BCUT2D eigenvalue weighted by molar-refractivity contribution is -0.155. The highest BCUT2D eigenvalue weighted by Crippen LogP contribution is 2.42. The molecular formula is C23H45N2O8PS. The van der Waals surface area contributed by atoms with Crippen molar-refractivity contribution in [3.05, 3.63) is 0 Å². The predicted molar refractivity (Wildman–Crippen MR) is 138 cm³/mol. The number of unbranched alkanes of at least 4 members (excludes halogenated alkanes) is 8. The molecule has 12 heteroatoms. The summed E-state index contributed by atoms with van der Waals surface area (Å²) in [5.74, 6) is -1.50. The van der Waals surface area contributed by atoms with Crippen LogP contribution < -0.4 is 5.32 Å². The molecule has 1 atom stereocenters. The Morgan fingerprint density at radius 2 is 1.54 bits per heavy atom. The van der Waals surface area contributed by atoms with Crippen LogP contribution in [0.2, 0.25) is 0 Å². The Labute approximate surface area is 215 Å². The van der Waals surface area contributed by atoms with Crippen molar-refractivity contribution in [2.75, 3.05) is 25.4 Å². The van der Waals surface area contributed by atoms with Crippen LogP contribution in [0.4, 0.5) is 0 Å². The Bertz CT molecular complexity index is 686. The second-order valence-electron chi connectivity index (χ2n) is 9.41. The second kappa shape index (κ2) is 18.3. The quantitative estimate of drug-likeness (QED) is 0.0896. The molecule has 0 aromatic rings. The lowest BCUT2D eigenvalue weighted by Gasteiger charge is -2.34. The molecule has 0 aliphatic heterocycles. The summed E-state index contributed by atoms with van der Waals surface area (Å²) in [7, 11) is -5.11. The number of phosphoric acid groups is 1. The molecule has 0 saturated carbocycles. The summed E-state index contributed by atoms with van der Waals surface area (Å²) in [6, 6.07) is 0. The third kappa shape index (κ3) is 15.7. The minimum Gasteiger partial charge on any atom is -0.396 e. The number of amides is 3. The third-order valence-electron chi connectivity index (χ3n) is 5.64. The predicted octanol–water partition coefficient (Wildman–Crippen LogP) is 3.20. The largest absolute Gasteiger partial charge is 0.470 e. The first-order valence-electron chi connectivity index (χ1n) is 12.5.